The van der Waals surface area contributed by atoms with Crippen molar-refractivity contribution < 1.29 is 23.5 Å². The summed E-state index contributed by atoms with van der Waals surface area (Å²) in [5.74, 6) is -0.688. The molecule has 0 radical (unpaired) electrons. The van der Waals surface area contributed by atoms with Gasteiger partial charge in [-0.2, -0.15) is 0 Å². The molecule has 0 amide bonds. The number of aryl methyl sites for hydroxylation is 1. The van der Waals surface area contributed by atoms with E-state index in [4.69, 9.17) is 4.42 Å². The maximum atomic E-state index is 11.7. The maximum absolute atomic E-state index is 11.7. The SMILES string of the molecule is CCCCCc1occ(C(=O)OC)c1C(=O)OC. The maximum Gasteiger partial charge on any atom is 0.342 e. The molecule has 0 saturated heterocycles. The first kappa shape index (κ1) is 14.3. The summed E-state index contributed by atoms with van der Waals surface area (Å²) in [5, 5.41) is 0. The normalized spacial score (nSPS) is 10.2. The Labute approximate surface area is 106 Å². The fourth-order valence-electron chi connectivity index (χ4n) is 1.70. The lowest BCUT2D eigenvalue weighted by molar-refractivity contribution is 0.0555. The topological polar surface area (TPSA) is 65.7 Å². The van der Waals surface area contributed by atoms with Gasteiger partial charge in [0.05, 0.1) is 14.2 Å². The Balaban J connectivity index is 2.99. The molecule has 5 heteroatoms. The highest BCUT2D eigenvalue weighted by Crippen LogP contribution is 2.21. The molecule has 100 valence electrons. The van der Waals surface area contributed by atoms with Crippen molar-refractivity contribution in [2.24, 2.45) is 0 Å². The molecule has 1 aromatic rings. The first-order valence-corrected chi connectivity index (χ1v) is 5.92. The van der Waals surface area contributed by atoms with Crippen LogP contribution in [0.3, 0.4) is 0 Å². The first-order valence-electron chi connectivity index (χ1n) is 5.92. The van der Waals surface area contributed by atoms with Crippen LogP contribution in [0, 0.1) is 0 Å². The zero-order chi connectivity index (χ0) is 13.5. The van der Waals surface area contributed by atoms with Crippen molar-refractivity contribution in [3.8, 4) is 0 Å². The third-order valence-electron chi connectivity index (χ3n) is 2.67. The van der Waals surface area contributed by atoms with Crippen LogP contribution in [0.15, 0.2) is 10.7 Å². The van der Waals surface area contributed by atoms with Crippen molar-refractivity contribution >= 4 is 11.9 Å². The predicted octanol–water partition coefficient (Wildman–Crippen LogP) is 2.59. The fourth-order valence-corrected chi connectivity index (χ4v) is 1.70. The van der Waals surface area contributed by atoms with Crippen LogP contribution in [-0.4, -0.2) is 26.2 Å². The van der Waals surface area contributed by atoms with Crippen LogP contribution in [0.5, 0.6) is 0 Å². The number of furan rings is 1. The summed E-state index contributed by atoms with van der Waals surface area (Å²) in [6, 6.07) is 0. The van der Waals surface area contributed by atoms with Crippen LogP contribution < -0.4 is 0 Å². The smallest absolute Gasteiger partial charge is 0.342 e. The summed E-state index contributed by atoms with van der Waals surface area (Å²) in [6.45, 7) is 2.09. The van der Waals surface area contributed by atoms with Crippen molar-refractivity contribution in [1.29, 1.82) is 0 Å². The molecule has 5 nitrogen and oxygen atoms in total. The van der Waals surface area contributed by atoms with E-state index in [0.29, 0.717) is 12.2 Å². The van der Waals surface area contributed by atoms with E-state index in [1.807, 2.05) is 0 Å². The van der Waals surface area contributed by atoms with E-state index in [2.05, 4.69) is 16.4 Å². The van der Waals surface area contributed by atoms with E-state index < -0.39 is 11.9 Å². The molecule has 0 N–H and O–H groups in total. The lowest BCUT2D eigenvalue weighted by atomic mass is 10.1. The van der Waals surface area contributed by atoms with Crippen molar-refractivity contribution in [1.82, 2.24) is 0 Å². The molecule has 0 aliphatic carbocycles. The Hall–Kier alpha value is -1.78. The van der Waals surface area contributed by atoms with Crippen molar-refractivity contribution in [2.45, 2.75) is 32.6 Å². The lowest BCUT2D eigenvalue weighted by Gasteiger charge is -2.03. The van der Waals surface area contributed by atoms with Gasteiger partial charge in [0.1, 0.15) is 23.2 Å². The van der Waals surface area contributed by atoms with E-state index >= 15 is 0 Å². The second-order valence-corrected chi connectivity index (χ2v) is 3.89. The highest BCUT2D eigenvalue weighted by atomic mass is 16.5. The molecule has 0 unspecified atom stereocenters. The quantitative estimate of drug-likeness (QED) is 0.576. The van der Waals surface area contributed by atoms with E-state index in [9.17, 15) is 9.59 Å². The molecule has 0 spiro atoms. The summed E-state index contributed by atoms with van der Waals surface area (Å²) in [6.07, 6.45) is 4.86. The molecule has 0 fully saturated rings. The average molecular weight is 254 g/mol. The second-order valence-electron chi connectivity index (χ2n) is 3.89. The third-order valence-corrected chi connectivity index (χ3v) is 2.67. The predicted molar refractivity (Wildman–Crippen MR) is 64.6 cm³/mol. The lowest BCUT2D eigenvalue weighted by Crippen LogP contribution is -2.11. The fraction of sp³-hybridized carbons (Fsp3) is 0.538. The van der Waals surface area contributed by atoms with Gasteiger partial charge in [-0.05, 0) is 6.42 Å². The van der Waals surface area contributed by atoms with Crippen molar-refractivity contribution in [3.05, 3.63) is 23.2 Å². The number of rotatable bonds is 6. The molecule has 0 atom stereocenters. The Morgan fingerprint density at radius 3 is 2.39 bits per heavy atom. The van der Waals surface area contributed by atoms with E-state index in [-0.39, 0.29) is 11.1 Å². The van der Waals surface area contributed by atoms with Crippen LogP contribution in [-0.2, 0) is 15.9 Å². The Bertz CT molecular complexity index is 419. The zero-order valence-electron chi connectivity index (χ0n) is 10.9. The number of esters is 2. The monoisotopic (exact) mass is 254 g/mol. The molecule has 1 heterocycles. The molecule has 1 rings (SSSR count). The van der Waals surface area contributed by atoms with E-state index in [1.54, 1.807) is 0 Å². The Morgan fingerprint density at radius 2 is 1.83 bits per heavy atom. The molecule has 0 saturated carbocycles. The largest absolute Gasteiger partial charge is 0.467 e. The number of methoxy groups -OCH3 is 2. The minimum atomic E-state index is -0.596. The highest BCUT2D eigenvalue weighted by Gasteiger charge is 2.25. The number of hydrogen-bond acceptors (Lipinski definition) is 5. The summed E-state index contributed by atoms with van der Waals surface area (Å²) in [7, 11) is 2.53. The van der Waals surface area contributed by atoms with Gasteiger partial charge in [0.15, 0.2) is 0 Å². The number of carbonyl (C=O) groups is 2. The molecular weight excluding hydrogens is 236 g/mol. The van der Waals surface area contributed by atoms with Crippen molar-refractivity contribution in [2.75, 3.05) is 14.2 Å². The van der Waals surface area contributed by atoms with Crippen molar-refractivity contribution in [3.63, 3.8) is 0 Å². The van der Waals surface area contributed by atoms with Crippen LogP contribution >= 0.6 is 0 Å². The van der Waals surface area contributed by atoms with Gasteiger partial charge in [-0.15, -0.1) is 0 Å². The van der Waals surface area contributed by atoms with Crippen LogP contribution in [0.25, 0.3) is 0 Å². The Kier molecular flexibility index (Phi) is 5.42. The minimum absolute atomic E-state index is 0.121. The highest BCUT2D eigenvalue weighted by molar-refractivity contribution is 6.03. The zero-order valence-corrected chi connectivity index (χ0v) is 10.9. The molecule has 18 heavy (non-hydrogen) atoms. The number of ether oxygens (including phenoxy) is 2. The molecule has 0 aliphatic heterocycles. The second kappa shape index (κ2) is 6.83. The standard InChI is InChI=1S/C13H18O5/c1-4-5-6-7-10-11(13(15)17-3)9(8-18-10)12(14)16-2/h8H,4-7H2,1-3H3. The molecular formula is C13H18O5. The van der Waals surface area contributed by atoms with Gasteiger partial charge in [-0.25, -0.2) is 9.59 Å². The molecule has 0 aliphatic rings. The minimum Gasteiger partial charge on any atom is -0.467 e. The summed E-state index contributed by atoms with van der Waals surface area (Å²) < 4.78 is 14.6. The summed E-state index contributed by atoms with van der Waals surface area (Å²) in [5.41, 5.74) is 0.302. The summed E-state index contributed by atoms with van der Waals surface area (Å²) in [4.78, 5) is 23.2. The number of carbonyl (C=O) groups excluding carboxylic acids is 2. The van der Waals surface area contributed by atoms with E-state index in [0.717, 1.165) is 19.3 Å². The number of hydrogen-bond donors (Lipinski definition) is 0. The summed E-state index contributed by atoms with van der Waals surface area (Å²) >= 11 is 0. The van der Waals surface area contributed by atoms with E-state index in [1.165, 1.54) is 20.5 Å². The molecule has 0 aromatic carbocycles. The van der Waals surface area contributed by atoms with Crippen LogP contribution in [0.1, 0.15) is 52.7 Å². The van der Waals surface area contributed by atoms with Gasteiger partial charge in [0.25, 0.3) is 0 Å². The molecule has 0 bridgehead atoms. The first-order chi connectivity index (χ1) is 8.65. The van der Waals surface area contributed by atoms with Gasteiger partial charge in [0, 0.05) is 6.42 Å². The average Bonchev–Trinajstić information content (AvgIpc) is 2.81. The van der Waals surface area contributed by atoms with Crippen LogP contribution in [0.2, 0.25) is 0 Å². The van der Waals surface area contributed by atoms with Crippen LogP contribution in [0.4, 0.5) is 0 Å². The van der Waals surface area contributed by atoms with Gasteiger partial charge in [0.2, 0.25) is 0 Å². The third kappa shape index (κ3) is 3.12. The Morgan fingerprint density at radius 1 is 1.17 bits per heavy atom. The van der Waals surface area contributed by atoms with Gasteiger partial charge < -0.3 is 13.9 Å². The van der Waals surface area contributed by atoms with Gasteiger partial charge in [-0.3, -0.25) is 0 Å². The molecule has 1 aromatic heterocycles. The van der Waals surface area contributed by atoms with Gasteiger partial charge >= 0.3 is 11.9 Å². The van der Waals surface area contributed by atoms with Gasteiger partial charge in [-0.1, -0.05) is 19.8 Å². The number of unbranched alkanes of at least 4 members (excludes halogenated alkanes) is 2.